The fourth-order valence-corrected chi connectivity index (χ4v) is 5.60. The van der Waals surface area contributed by atoms with Crippen LogP contribution in [0, 0.1) is 0 Å². The molecule has 0 aromatic heterocycles. The minimum Gasteiger partial charge on any atom is -0.462 e. The maximum atomic E-state index is 12.7. The number of phosphoric acid groups is 1. The van der Waals surface area contributed by atoms with Gasteiger partial charge in [-0.15, -0.1) is 0 Å². The number of carbonyl (C=O) groups excluding carboxylic acids is 2. The fraction of sp³-hybridized carbons (Fsp3) is 0.520. The highest BCUT2D eigenvalue weighted by molar-refractivity contribution is 7.47. The average Bonchev–Trinajstić information content (AvgIpc) is 3.21. The van der Waals surface area contributed by atoms with Crippen LogP contribution in [0.2, 0.25) is 0 Å². The van der Waals surface area contributed by atoms with Crippen LogP contribution in [0.5, 0.6) is 0 Å². The Labute approximate surface area is 369 Å². The lowest BCUT2D eigenvalue weighted by Gasteiger charge is -2.24. The van der Waals surface area contributed by atoms with Crippen molar-refractivity contribution in [2.24, 2.45) is 0 Å². The Balaban J connectivity index is 4.72. The average molecular weight is 869 g/mol. The number of hydrogen-bond acceptors (Lipinski definition) is 8. The van der Waals surface area contributed by atoms with E-state index in [4.69, 9.17) is 18.5 Å². The zero-order valence-corrected chi connectivity index (χ0v) is 38.8. The van der Waals surface area contributed by atoms with Gasteiger partial charge in [0.1, 0.15) is 19.8 Å². The van der Waals surface area contributed by atoms with Crippen LogP contribution in [0.15, 0.2) is 134 Å². The largest absolute Gasteiger partial charge is 0.472 e. The molecule has 0 spiro atoms. The number of aliphatic hydroxyl groups excluding tert-OH is 1. The molecule has 0 fully saturated rings. The molecule has 61 heavy (non-hydrogen) atoms. The van der Waals surface area contributed by atoms with Gasteiger partial charge >= 0.3 is 19.8 Å². The predicted molar refractivity (Wildman–Crippen MR) is 253 cm³/mol. The third kappa shape index (κ3) is 44.0. The van der Waals surface area contributed by atoms with E-state index in [1.807, 2.05) is 39.4 Å². The number of carbonyl (C=O) groups is 2. The van der Waals surface area contributed by atoms with Gasteiger partial charge in [0.15, 0.2) is 6.10 Å². The van der Waals surface area contributed by atoms with Crippen LogP contribution < -0.4 is 0 Å². The van der Waals surface area contributed by atoms with Crippen molar-refractivity contribution in [2.75, 3.05) is 47.5 Å². The second-order valence-corrected chi connectivity index (χ2v) is 16.6. The van der Waals surface area contributed by atoms with Gasteiger partial charge in [-0.05, 0) is 83.5 Å². The Bertz CT molecular complexity index is 1510. The van der Waals surface area contributed by atoms with Crippen LogP contribution in [0.25, 0.3) is 0 Å². The Hall–Kier alpha value is -3.89. The molecule has 0 radical (unpaired) electrons. The van der Waals surface area contributed by atoms with Crippen LogP contribution in [0.1, 0.15) is 110 Å². The molecule has 0 amide bonds. The lowest BCUT2D eigenvalue weighted by molar-refractivity contribution is -0.870. The molecule has 0 aliphatic heterocycles. The summed E-state index contributed by atoms with van der Waals surface area (Å²) in [5.74, 6) is -1.17. The van der Waals surface area contributed by atoms with Crippen molar-refractivity contribution in [3.63, 3.8) is 0 Å². The van der Waals surface area contributed by atoms with Crippen LogP contribution in [0.4, 0.5) is 0 Å². The monoisotopic (exact) mass is 869 g/mol. The highest BCUT2D eigenvalue weighted by atomic mass is 31.2. The molecule has 0 saturated heterocycles. The molecular weight excluding hydrogens is 790 g/mol. The molecule has 0 saturated carbocycles. The van der Waals surface area contributed by atoms with Gasteiger partial charge in [0, 0.05) is 12.8 Å². The summed E-state index contributed by atoms with van der Waals surface area (Å²) in [5.41, 5.74) is 0. The number of ether oxygens (including phenoxy) is 2. The number of phosphoric ester groups is 1. The first-order valence-electron chi connectivity index (χ1n) is 22.0. The van der Waals surface area contributed by atoms with E-state index in [9.17, 15) is 24.2 Å². The van der Waals surface area contributed by atoms with Gasteiger partial charge in [0.25, 0.3) is 0 Å². The first kappa shape index (κ1) is 57.1. The van der Waals surface area contributed by atoms with Crippen LogP contribution in [0.3, 0.4) is 0 Å². The van der Waals surface area contributed by atoms with Gasteiger partial charge in [0.05, 0.1) is 33.9 Å². The minimum absolute atomic E-state index is 0.0281. The first-order valence-corrected chi connectivity index (χ1v) is 23.5. The van der Waals surface area contributed by atoms with E-state index in [1.54, 1.807) is 12.2 Å². The smallest absolute Gasteiger partial charge is 0.462 e. The number of unbranched alkanes of at least 4 members (excludes halogenated alkanes) is 1. The van der Waals surface area contributed by atoms with E-state index >= 15 is 0 Å². The van der Waals surface area contributed by atoms with Crippen LogP contribution >= 0.6 is 7.82 Å². The third-order valence-corrected chi connectivity index (χ3v) is 9.28. The van der Waals surface area contributed by atoms with Gasteiger partial charge in [-0.2, -0.15) is 0 Å². The Morgan fingerprint density at radius 2 is 1.05 bits per heavy atom. The van der Waals surface area contributed by atoms with Gasteiger partial charge in [-0.3, -0.25) is 18.6 Å². The number of hydrogen-bond donors (Lipinski definition) is 2. The molecule has 10 nitrogen and oxygen atoms in total. The minimum atomic E-state index is -4.47. The standard InChI is InChI=1S/C50H78NO9P/c1-6-8-10-12-14-16-18-20-22-24-26-28-30-32-34-36-38-40-49(53)57-45-48(46-59-61(55,56)58-44-43-51(3,4)5)60-50(54)42-41-47(52)39-37-35-33-31-29-27-25-23-21-19-17-15-13-11-9-7-2/h8-11,14-17,20-23,26-29,32-35,37,39,47-48,52H,6-7,12-13,18-19,24-25,30-31,36,38,40-46H2,1-5H3/p+1/b10-8-,11-9-,16-14-,17-15-,22-20-,23-21-,28-26-,29-27-,34-32-,35-33-,39-37-/t47?,48-/m1/s1. The molecule has 2 N–H and O–H groups in total. The van der Waals surface area contributed by atoms with Crippen molar-refractivity contribution < 1.29 is 47.2 Å². The molecule has 11 heteroatoms. The number of aliphatic hydroxyl groups is 1. The Morgan fingerprint density at radius 1 is 0.590 bits per heavy atom. The van der Waals surface area contributed by atoms with E-state index in [2.05, 4.69) is 117 Å². The summed E-state index contributed by atoms with van der Waals surface area (Å²) in [7, 11) is 1.27. The summed E-state index contributed by atoms with van der Waals surface area (Å²) in [6, 6.07) is 0. The fourth-order valence-electron chi connectivity index (χ4n) is 4.86. The summed E-state index contributed by atoms with van der Waals surface area (Å²) in [6.07, 6.45) is 54.2. The van der Waals surface area contributed by atoms with E-state index in [0.717, 1.165) is 64.2 Å². The number of nitrogens with zero attached hydrogens (tertiary/aromatic N) is 1. The van der Waals surface area contributed by atoms with Gasteiger partial charge in [-0.25, -0.2) is 4.57 Å². The van der Waals surface area contributed by atoms with Crippen molar-refractivity contribution in [2.45, 2.75) is 122 Å². The topological polar surface area (TPSA) is 129 Å². The summed E-state index contributed by atoms with van der Waals surface area (Å²) in [4.78, 5) is 35.4. The van der Waals surface area contributed by atoms with Gasteiger partial charge in [0.2, 0.25) is 0 Å². The SMILES string of the molecule is CC/C=C\C/C=C\C/C=C\C/C=C\C/C=C\C=C/C(O)CCC(=O)O[C@H](COC(=O)CCC/C=C\C/C=C\C/C=C\C/C=C\C/C=C\CC)COP(=O)(O)OCC[N+](C)(C)C. The Kier molecular flexibility index (Phi) is 37.6. The zero-order valence-electron chi connectivity index (χ0n) is 37.9. The second-order valence-electron chi connectivity index (χ2n) is 15.2. The van der Waals surface area contributed by atoms with Gasteiger partial charge in [-0.1, -0.05) is 148 Å². The summed E-state index contributed by atoms with van der Waals surface area (Å²) in [6.45, 7) is 3.80. The molecule has 342 valence electrons. The van der Waals surface area contributed by atoms with Gasteiger partial charge < -0.3 is 24.0 Å². The molecule has 0 aromatic rings. The molecule has 3 atom stereocenters. The quantitative estimate of drug-likeness (QED) is 0.0157. The van der Waals surface area contributed by atoms with Crippen molar-refractivity contribution in [1.82, 2.24) is 0 Å². The van der Waals surface area contributed by atoms with E-state index < -0.39 is 38.6 Å². The molecule has 0 bridgehead atoms. The highest BCUT2D eigenvalue weighted by Gasteiger charge is 2.27. The maximum absolute atomic E-state index is 12.7. The lowest BCUT2D eigenvalue weighted by Crippen LogP contribution is -2.37. The van der Waals surface area contributed by atoms with Crippen molar-refractivity contribution in [1.29, 1.82) is 0 Å². The molecule has 0 heterocycles. The summed E-state index contributed by atoms with van der Waals surface area (Å²) in [5, 5.41) is 10.4. The van der Waals surface area contributed by atoms with Crippen molar-refractivity contribution in [3.05, 3.63) is 134 Å². The highest BCUT2D eigenvalue weighted by Crippen LogP contribution is 2.43. The lowest BCUT2D eigenvalue weighted by atomic mass is 10.2. The first-order chi connectivity index (χ1) is 29.4. The molecule has 2 unspecified atom stereocenters. The number of esters is 2. The van der Waals surface area contributed by atoms with Crippen LogP contribution in [-0.2, 0) is 32.7 Å². The molecular formula is C50H79NO9P+. The number of quaternary nitrogens is 1. The zero-order chi connectivity index (χ0) is 45.1. The van der Waals surface area contributed by atoms with Crippen molar-refractivity contribution >= 4 is 19.8 Å². The Morgan fingerprint density at radius 3 is 1.52 bits per heavy atom. The predicted octanol–water partition coefficient (Wildman–Crippen LogP) is 11.7. The van der Waals surface area contributed by atoms with E-state index in [0.29, 0.717) is 23.9 Å². The van der Waals surface area contributed by atoms with Crippen molar-refractivity contribution in [3.8, 4) is 0 Å². The summed E-state index contributed by atoms with van der Waals surface area (Å²) >= 11 is 0. The normalized spacial score (nSPS) is 15.3. The number of allylic oxidation sites excluding steroid dienone is 21. The second kappa shape index (κ2) is 40.2. The molecule has 0 rings (SSSR count). The number of rotatable bonds is 37. The number of likely N-dealkylation sites (N-methyl/N-ethyl adjacent to an activating group) is 1. The molecule has 0 aliphatic carbocycles. The molecule has 0 aromatic carbocycles. The molecule has 0 aliphatic rings. The summed E-state index contributed by atoms with van der Waals surface area (Å²) < 4.78 is 34.0. The van der Waals surface area contributed by atoms with E-state index in [-0.39, 0.29) is 32.5 Å². The van der Waals surface area contributed by atoms with Crippen LogP contribution in [-0.4, -0.2) is 86.1 Å². The third-order valence-electron chi connectivity index (χ3n) is 8.29. The maximum Gasteiger partial charge on any atom is 0.472 e. The van der Waals surface area contributed by atoms with E-state index in [1.165, 1.54) is 0 Å².